The number of fused-ring (bicyclic) bond motifs is 1. The molecule has 7 heteroatoms. The number of halogens is 1. The Kier molecular flexibility index (Phi) is 5.35. The summed E-state index contributed by atoms with van der Waals surface area (Å²) < 4.78 is 1.88. The molecule has 0 N–H and O–H groups in total. The van der Waals surface area contributed by atoms with E-state index >= 15 is 0 Å². The zero-order valence-corrected chi connectivity index (χ0v) is 16.0. The number of hydrogen-bond acceptors (Lipinski definition) is 4. The van der Waals surface area contributed by atoms with E-state index in [2.05, 4.69) is 18.8 Å². The van der Waals surface area contributed by atoms with Gasteiger partial charge in [0.05, 0.1) is 17.2 Å². The molecule has 108 valence electrons. The Balaban J connectivity index is 0.00000176. The first kappa shape index (κ1) is 17.5. The Morgan fingerprint density at radius 1 is 1.41 bits per heavy atom. The van der Waals surface area contributed by atoms with Crippen LogP contribution in [0.3, 0.4) is 0 Å². The maximum absolute atomic E-state index is 10.9. The van der Waals surface area contributed by atoms with Crippen molar-refractivity contribution in [2.45, 2.75) is 19.8 Å². The third kappa shape index (κ3) is 3.09. The second-order valence-corrected chi connectivity index (χ2v) is 6.35. The van der Waals surface area contributed by atoms with E-state index in [1.165, 1.54) is 22.3 Å². The van der Waals surface area contributed by atoms with Gasteiger partial charge >= 0.3 is 29.6 Å². The molecule has 2 heterocycles. The standard InChI is InChI=1S/C15H13ClN2O2S.Na/c1-8(2)11-6-18(13-5-9(16)3-4-10(11)13)15-17-12(7-21-15)14(19)20;/h3-8H,1-2H3,(H,19,20);/q;+1/p-1. The van der Waals surface area contributed by atoms with Crippen molar-refractivity contribution in [3.05, 3.63) is 46.1 Å². The van der Waals surface area contributed by atoms with Crippen LogP contribution >= 0.6 is 22.9 Å². The van der Waals surface area contributed by atoms with Gasteiger partial charge in [-0.2, -0.15) is 0 Å². The van der Waals surface area contributed by atoms with Crippen molar-refractivity contribution in [2.24, 2.45) is 0 Å². The summed E-state index contributed by atoms with van der Waals surface area (Å²) in [6, 6.07) is 5.70. The summed E-state index contributed by atoms with van der Waals surface area (Å²) in [4.78, 5) is 15.0. The first-order valence-electron chi connectivity index (χ1n) is 6.45. The van der Waals surface area contributed by atoms with Gasteiger partial charge in [0.25, 0.3) is 0 Å². The SMILES string of the molecule is CC(C)c1cn(-c2nc(C(=O)[O-])cs2)c2cc(Cl)ccc12.[Na+]. The van der Waals surface area contributed by atoms with Crippen molar-refractivity contribution < 1.29 is 39.5 Å². The minimum atomic E-state index is -1.27. The molecule has 0 saturated heterocycles. The van der Waals surface area contributed by atoms with Gasteiger partial charge in [0.2, 0.25) is 0 Å². The number of carbonyl (C=O) groups is 1. The quantitative estimate of drug-likeness (QED) is 0.640. The number of thiazole rings is 1. The predicted molar refractivity (Wildman–Crippen MR) is 82.4 cm³/mol. The van der Waals surface area contributed by atoms with Crippen LogP contribution in [-0.2, 0) is 0 Å². The van der Waals surface area contributed by atoms with Gasteiger partial charge in [-0.3, -0.25) is 4.57 Å². The van der Waals surface area contributed by atoms with Gasteiger partial charge in [0.15, 0.2) is 5.13 Å². The third-order valence-electron chi connectivity index (χ3n) is 3.33. The summed E-state index contributed by atoms with van der Waals surface area (Å²) in [6.45, 7) is 4.23. The smallest absolute Gasteiger partial charge is 0.543 e. The van der Waals surface area contributed by atoms with E-state index in [1.54, 1.807) is 0 Å². The van der Waals surface area contributed by atoms with Crippen molar-refractivity contribution in [3.63, 3.8) is 0 Å². The molecular weight excluding hydrogens is 331 g/mol. The predicted octanol–water partition coefficient (Wildman–Crippen LogP) is 0.231. The molecule has 0 aliphatic heterocycles. The van der Waals surface area contributed by atoms with E-state index in [9.17, 15) is 9.90 Å². The maximum Gasteiger partial charge on any atom is 1.00 e. The molecular formula is C15H12ClN2NaO2S. The summed E-state index contributed by atoms with van der Waals surface area (Å²) in [6.07, 6.45) is 1.99. The molecule has 4 nitrogen and oxygen atoms in total. The number of rotatable bonds is 3. The number of carboxylic acids is 1. The molecule has 0 amide bonds. The van der Waals surface area contributed by atoms with E-state index < -0.39 is 5.97 Å². The van der Waals surface area contributed by atoms with Crippen molar-refractivity contribution >= 4 is 39.8 Å². The number of aromatic nitrogens is 2. The molecule has 2 aromatic heterocycles. The molecule has 1 aromatic carbocycles. The average molecular weight is 343 g/mol. The van der Waals surface area contributed by atoms with Crippen LogP contribution in [0.4, 0.5) is 0 Å². The van der Waals surface area contributed by atoms with Crippen LogP contribution < -0.4 is 34.7 Å². The number of aromatic carboxylic acids is 1. The number of carboxylic acid groups (broad SMARTS) is 1. The second-order valence-electron chi connectivity index (χ2n) is 5.07. The van der Waals surface area contributed by atoms with Crippen molar-refractivity contribution in [3.8, 4) is 5.13 Å². The zero-order valence-electron chi connectivity index (χ0n) is 12.5. The molecule has 0 bridgehead atoms. The van der Waals surface area contributed by atoms with Gasteiger partial charge in [0.1, 0.15) is 0 Å². The fraction of sp³-hybridized carbons (Fsp3) is 0.200. The third-order valence-corrected chi connectivity index (χ3v) is 4.40. The van der Waals surface area contributed by atoms with Crippen LogP contribution in [0.2, 0.25) is 5.02 Å². The molecule has 0 saturated carbocycles. The molecule has 0 radical (unpaired) electrons. The summed E-state index contributed by atoms with van der Waals surface area (Å²) >= 11 is 7.35. The summed E-state index contributed by atoms with van der Waals surface area (Å²) in [7, 11) is 0. The molecule has 3 aromatic rings. The van der Waals surface area contributed by atoms with Crippen LogP contribution in [0.25, 0.3) is 16.0 Å². The number of hydrogen-bond donors (Lipinski definition) is 0. The minimum Gasteiger partial charge on any atom is -0.543 e. The molecule has 0 spiro atoms. The Hall–Kier alpha value is -0.850. The molecule has 0 aliphatic rings. The van der Waals surface area contributed by atoms with Crippen LogP contribution in [-0.4, -0.2) is 15.5 Å². The first-order valence-corrected chi connectivity index (χ1v) is 7.71. The molecule has 3 rings (SSSR count). The Morgan fingerprint density at radius 2 is 2.14 bits per heavy atom. The number of carbonyl (C=O) groups excluding carboxylic acids is 1. The fourth-order valence-corrected chi connectivity index (χ4v) is 3.26. The van der Waals surface area contributed by atoms with Gasteiger partial charge < -0.3 is 9.90 Å². The van der Waals surface area contributed by atoms with E-state index in [-0.39, 0.29) is 35.3 Å². The Labute approximate surface area is 159 Å². The van der Waals surface area contributed by atoms with Crippen LogP contribution in [0.1, 0.15) is 35.8 Å². The topological polar surface area (TPSA) is 58.0 Å². The summed E-state index contributed by atoms with van der Waals surface area (Å²) in [5, 5.41) is 14.7. The van der Waals surface area contributed by atoms with E-state index in [1.807, 2.05) is 29.0 Å². The molecule has 0 aliphatic carbocycles. The number of benzene rings is 1. The largest absolute Gasteiger partial charge is 1.00 e. The van der Waals surface area contributed by atoms with Gasteiger partial charge in [-0.05, 0) is 23.6 Å². The van der Waals surface area contributed by atoms with Crippen molar-refractivity contribution in [1.29, 1.82) is 0 Å². The van der Waals surface area contributed by atoms with Gasteiger partial charge in [0, 0.05) is 22.0 Å². The normalized spacial score (nSPS) is 10.9. The van der Waals surface area contributed by atoms with Crippen LogP contribution in [0.5, 0.6) is 0 Å². The fourth-order valence-electron chi connectivity index (χ4n) is 2.31. The maximum atomic E-state index is 10.9. The molecule has 0 fully saturated rings. The van der Waals surface area contributed by atoms with Crippen LogP contribution in [0.15, 0.2) is 29.8 Å². The van der Waals surface area contributed by atoms with Crippen LogP contribution in [0, 0.1) is 0 Å². The minimum absolute atomic E-state index is 0. The average Bonchev–Trinajstić information content (AvgIpc) is 3.01. The second kappa shape index (κ2) is 6.72. The Bertz CT molecular complexity index is 841. The van der Waals surface area contributed by atoms with E-state index in [0.717, 1.165) is 10.9 Å². The molecule has 0 unspecified atom stereocenters. The zero-order chi connectivity index (χ0) is 15.1. The van der Waals surface area contributed by atoms with Crippen molar-refractivity contribution in [1.82, 2.24) is 9.55 Å². The first-order chi connectivity index (χ1) is 9.97. The molecule has 22 heavy (non-hydrogen) atoms. The van der Waals surface area contributed by atoms with E-state index in [0.29, 0.717) is 16.1 Å². The van der Waals surface area contributed by atoms with Gasteiger partial charge in [-0.1, -0.05) is 31.5 Å². The van der Waals surface area contributed by atoms with E-state index in [4.69, 9.17) is 11.6 Å². The summed E-state index contributed by atoms with van der Waals surface area (Å²) in [5.41, 5.74) is 2.04. The van der Waals surface area contributed by atoms with Gasteiger partial charge in [-0.15, -0.1) is 11.3 Å². The monoisotopic (exact) mass is 342 g/mol. The number of nitrogens with zero attached hydrogens (tertiary/aromatic N) is 2. The van der Waals surface area contributed by atoms with Gasteiger partial charge in [-0.25, -0.2) is 4.98 Å². The summed E-state index contributed by atoms with van der Waals surface area (Å²) in [5.74, 6) is -0.924. The molecule has 0 atom stereocenters. The Morgan fingerprint density at radius 3 is 2.73 bits per heavy atom. The van der Waals surface area contributed by atoms with Crippen molar-refractivity contribution in [2.75, 3.05) is 0 Å².